The molecule has 0 unspecified atom stereocenters. The zero-order chi connectivity index (χ0) is 14.1. The first-order chi connectivity index (χ1) is 8.18. The molecule has 0 heterocycles. The Morgan fingerprint density at radius 1 is 1.39 bits per heavy atom. The maximum atomic E-state index is 12.6. The van der Waals surface area contributed by atoms with Gasteiger partial charge in [0.2, 0.25) is 0 Å². The van der Waals surface area contributed by atoms with Crippen molar-refractivity contribution in [1.82, 2.24) is 0 Å². The molecule has 0 N–H and O–H groups in total. The molecule has 0 saturated heterocycles. The minimum absolute atomic E-state index is 0.0192. The van der Waals surface area contributed by atoms with E-state index in [4.69, 9.17) is 10.7 Å². The van der Waals surface area contributed by atoms with Crippen LogP contribution in [-0.2, 0) is 9.05 Å². The molecule has 0 aliphatic heterocycles. The van der Waals surface area contributed by atoms with E-state index in [0.29, 0.717) is 12.1 Å². The second kappa shape index (κ2) is 4.94. The highest BCUT2D eigenvalue weighted by Crippen LogP contribution is 2.33. The molecular weight excluding hydrogens is 296 g/mol. The van der Waals surface area contributed by atoms with Gasteiger partial charge in [-0.15, -0.1) is 0 Å². The monoisotopic (exact) mass is 299 g/mol. The third-order valence-corrected chi connectivity index (χ3v) is 3.36. The molecule has 0 aromatic heterocycles. The zero-order valence-electron chi connectivity index (χ0n) is 8.34. The lowest BCUT2D eigenvalue weighted by atomic mass is 10.1. The second-order valence-corrected chi connectivity index (χ2v) is 5.60. The number of nitro groups is 1. The molecule has 0 atom stereocenters. The van der Waals surface area contributed by atoms with Gasteiger partial charge in [0.1, 0.15) is 0 Å². The topological polar surface area (TPSA) is 94.3 Å². The molecule has 0 amide bonds. The average molecular weight is 300 g/mol. The summed E-state index contributed by atoms with van der Waals surface area (Å²) in [4.78, 5) is 18.9. The fourth-order valence-electron chi connectivity index (χ4n) is 1.24. The van der Waals surface area contributed by atoms with Crippen LogP contribution < -0.4 is 0 Å². The van der Waals surface area contributed by atoms with E-state index < -0.39 is 42.1 Å². The summed E-state index contributed by atoms with van der Waals surface area (Å²) >= 11 is 0. The third-order valence-electron chi connectivity index (χ3n) is 1.98. The largest absolute Gasteiger partial charge is 0.298 e. The lowest BCUT2D eigenvalue weighted by molar-refractivity contribution is -0.385. The highest BCUT2D eigenvalue weighted by atomic mass is 35.7. The van der Waals surface area contributed by atoms with Crippen LogP contribution in [0.4, 0.5) is 14.5 Å². The van der Waals surface area contributed by atoms with Crippen LogP contribution in [0.25, 0.3) is 0 Å². The normalized spacial score (nSPS) is 11.6. The van der Waals surface area contributed by atoms with Crippen molar-refractivity contribution in [2.45, 2.75) is 11.3 Å². The number of halogens is 3. The maximum Gasteiger partial charge on any atom is 0.281 e. The number of nitro benzene ring substituents is 1. The molecule has 10 heteroatoms. The van der Waals surface area contributed by atoms with E-state index in [2.05, 4.69) is 0 Å². The summed E-state index contributed by atoms with van der Waals surface area (Å²) in [5.41, 5.74) is -2.62. The lowest BCUT2D eigenvalue weighted by Crippen LogP contribution is -2.04. The van der Waals surface area contributed by atoms with E-state index in [9.17, 15) is 32.1 Å². The Kier molecular flexibility index (Phi) is 3.97. The van der Waals surface area contributed by atoms with E-state index in [-0.39, 0.29) is 6.29 Å². The molecule has 0 radical (unpaired) electrons. The van der Waals surface area contributed by atoms with E-state index in [1.54, 1.807) is 0 Å². The minimum atomic E-state index is -4.59. The van der Waals surface area contributed by atoms with Gasteiger partial charge in [0.25, 0.3) is 21.2 Å². The van der Waals surface area contributed by atoms with Crippen molar-refractivity contribution >= 4 is 31.7 Å². The Morgan fingerprint density at radius 2 is 1.94 bits per heavy atom. The van der Waals surface area contributed by atoms with Crippen LogP contribution in [0.3, 0.4) is 0 Å². The molecule has 18 heavy (non-hydrogen) atoms. The predicted molar refractivity (Wildman–Crippen MR) is 56.5 cm³/mol. The van der Waals surface area contributed by atoms with Crippen LogP contribution in [0.1, 0.15) is 22.3 Å². The van der Waals surface area contributed by atoms with Gasteiger partial charge in [-0.2, -0.15) is 0 Å². The SMILES string of the molecule is O=Cc1cc(C(F)F)c(S(=O)(=O)Cl)cc1[N+](=O)[O-]. The van der Waals surface area contributed by atoms with Crippen LogP contribution in [0, 0.1) is 10.1 Å². The number of hydrogen-bond donors (Lipinski definition) is 0. The fraction of sp³-hybridized carbons (Fsp3) is 0.125. The number of nitrogens with zero attached hydrogens (tertiary/aromatic N) is 1. The number of rotatable bonds is 4. The number of alkyl halides is 2. The predicted octanol–water partition coefficient (Wildman–Crippen LogP) is 2.27. The molecule has 0 aliphatic carbocycles. The Labute approximate surface area is 104 Å². The molecule has 1 aromatic rings. The number of hydrogen-bond acceptors (Lipinski definition) is 5. The van der Waals surface area contributed by atoms with Gasteiger partial charge >= 0.3 is 0 Å². The van der Waals surface area contributed by atoms with Crippen molar-refractivity contribution < 1.29 is 26.9 Å². The number of benzene rings is 1. The van der Waals surface area contributed by atoms with Gasteiger partial charge in [-0.05, 0) is 6.07 Å². The van der Waals surface area contributed by atoms with Gasteiger partial charge in [-0.25, -0.2) is 17.2 Å². The third kappa shape index (κ3) is 2.79. The minimum Gasteiger partial charge on any atom is -0.298 e. The smallest absolute Gasteiger partial charge is 0.281 e. The first kappa shape index (κ1) is 14.5. The van der Waals surface area contributed by atoms with E-state index in [0.717, 1.165) is 0 Å². The molecule has 0 aliphatic rings. The van der Waals surface area contributed by atoms with Crippen LogP contribution in [0.15, 0.2) is 17.0 Å². The molecule has 0 saturated carbocycles. The zero-order valence-corrected chi connectivity index (χ0v) is 9.91. The van der Waals surface area contributed by atoms with E-state index in [1.807, 2.05) is 0 Å². The summed E-state index contributed by atoms with van der Waals surface area (Å²) in [6.45, 7) is 0. The van der Waals surface area contributed by atoms with Gasteiger partial charge in [0, 0.05) is 22.3 Å². The molecule has 6 nitrogen and oxygen atoms in total. The van der Waals surface area contributed by atoms with Crippen LogP contribution in [0.5, 0.6) is 0 Å². The quantitative estimate of drug-likeness (QED) is 0.368. The van der Waals surface area contributed by atoms with E-state index in [1.165, 1.54) is 0 Å². The summed E-state index contributed by atoms with van der Waals surface area (Å²) in [5.74, 6) is 0. The highest BCUT2D eigenvalue weighted by molar-refractivity contribution is 8.13. The molecule has 0 spiro atoms. The maximum absolute atomic E-state index is 12.6. The molecule has 0 fully saturated rings. The van der Waals surface area contributed by atoms with Gasteiger partial charge in [0.05, 0.1) is 15.4 Å². The van der Waals surface area contributed by atoms with Crippen molar-refractivity contribution in [3.63, 3.8) is 0 Å². The molecule has 1 aromatic carbocycles. The molecule has 98 valence electrons. The Hall–Kier alpha value is -1.61. The standard InChI is InChI=1S/C8H4ClF2NO5S/c9-18(16,17)7-2-6(12(14)15)4(3-13)1-5(7)8(10)11/h1-3,8H. The summed E-state index contributed by atoms with van der Waals surface area (Å²) < 4.78 is 47.3. The average Bonchev–Trinajstić information content (AvgIpc) is 2.25. The summed E-state index contributed by atoms with van der Waals surface area (Å²) in [5, 5.41) is 10.6. The fourth-order valence-corrected chi connectivity index (χ4v) is 2.32. The van der Waals surface area contributed by atoms with Crippen LogP contribution >= 0.6 is 10.7 Å². The highest BCUT2D eigenvalue weighted by Gasteiger charge is 2.27. The van der Waals surface area contributed by atoms with Gasteiger partial charge < -0.3 is 0 Å². The van der Waals surface area contributed by atoms with Gasteiger partial charge in [0.15, 0.2) is 6.29 Å². The number of carbonyl (C=O) groups is 1. The Morgan fingerprint density at radius 3 is 2.28 bits per heavy atom. The number of carbonyl (C=O) groups excluding carboxylic acids is 1. The Balaban J connectivity index is 3.74. The van der Waals surface area contributed by atoms with Crippen molar-refractivity contribution in [2.75, 3.05) is 0 Å². The lowest BCUT2D eigenvalue weighted by Gasteiger charge is -2.07. The summed E-state index contributed by atoms with van der Waals surface area (Å²) in [6, 6.07) is 0.776. The summed E-state index contributed by atoms with van der Waals surface area (Å²) in [6.07, 6.45) is -3.26. The molecule has 1 rings (SSSR count). The van der Waals surface area contributed by atoms with Gasteiger partial charge in [-0.1, -0.05) is 0 Å². The first-order valence-corrected chi connectivity index (χ1v) is 6.49. The number of aldehydes is 1. The van der Waals surface area contributed by atoms with Crippen molar-refractivity contribution in [2.24, 2.45) is 0 Å². The van der Waals surface area contributed by atoms with Crippen molar-refractivity contribution in [3.8, 4) is 0 Å². The second-order valence-electron chi connectivity index (χ2n) is 3.06. The first-order valence-electron chi connectivity index (χ1n) is 4.18. The van der Waals surface area contributed by atoms with Gasteiger partial charge in [-0.3, -0.25) is 14.9 Å². The molecular formula is C8H4ClF2NO5S. The van der Waals surface area contributed by atoms with Crippen molar-refractivity contribution in [1.29, 1.82) is 0 Å². The van der Waals surface area contributed by atoms with Crippen LogP contribution in [0.2, 0.25) is 0 Å². The summed E-state index contributed by atoms with van der Waals surface area (Å²) in [7, 11) is 0.320. The van der Waals surface area contributed by atoms with E-state index >= 15 is 0 Å². The van der Waals surface area contributed by atoms with Crippen molar-refractivity contribution in [3.05, 3.63) is 33.4 Å². The Bertz CT molecular complexity index is 616. The van der Waals surface area contributed by atoms with Crippen LogP contribution in [-0.4, -0.2) is 19.6 Å². The molecule has 0 bridgehead atoms.